The van der Waals surface area contributed by atoms with E-state index in [0.29, 0.717) is 11.8 Å². The number of nitriles is 1. The van der Waals surface area contributed by atoms with Gasteiger partial charge in [0.2, 0.25) is 11.8 Å². The van der Waals surface area contributed by atoms with Crippen molar-refractivity contribution in [3.05, 3.63) is 0 Å². The van der Waals surface area contributed by atoms with E-state index in [4.69, 9.17) is 5.26 Å². The summed E-state index contributed by atoms with van der Waals surface area (Å²) in [4.78, 5) is 35.9. The highest BCUT2D eigenvalue weighted by molar-refractivity contribution is 5.94. The van der Waals surface area contributed by atoms with E-state index in [-0.39, 0.29) is 32.1 Å². The van der Waals surface area contributed by atoms with Gasteiger partial charge in [-0.2, -0.15) is 5.26 Å². The molecule has 1 saturated heterocycles. The van der Waals surface area contributed by atoms with Crippen LogP contribution in [0.25, 0.3) is 0 Å². The van der Waals surface area contributed by atoms with Crippen LogP contribution in [0.2, 0.25) is 0 Å². The molecule has 1 heterocycles. The number of carbonyl (C=O) groups is 3. The molecule has 0 bridgehead atoms. The predicted octanol–water partition coefficient (Wildman–Crippen LogP) is 4.70. The van der Waals surface area contributed by atoms with Crippen molar-refractivity contribution in [2.45, 2.75) is 97.9 Å². The number of nitrogens with one attached hydrogen (secondary N) is 1. The van der Waals surface area contributed by atoms with Gasteiger partial charge < -0.3 is 15.0 Å². The standard InChI is InChI=1S/C14H25NO3.C12H20N2O.H2/c1-4-10(2)11-5-7-12(8-6-11)15-13(16)9-14(17)18-3;1-3-10(2)11-5-4-8-14(9-11)12(15)6-7-13;/h10-12H,4-9H2,1-3H3,(H,15,16);10-11H,3-6,8-9H2,1-2H3;1H/t;10?,11-;/m.1./s1. The van der Waals surface area contributed by atoms with Crippen molar-refractivity contribution in [1.29, 1.82) is 5.26 Å². The smallest absolute Gasteiger partial charge is 0.315 e. The number of hydrogen-bond donors (Lipinski definition) is 1. The van der Waals surface area contributed by atoms with Crippen molar-refractivity contribution in [2.75, 3.05) is 20.2 Å². The minimum atomic E-state index is -0.471. The number of piperidine rings is 1. The average molecular weight is 466 g/mol. The molecule has 2 fully saturated rings. The van der Waals surface area contributed by atoms with E-state index in [2.05, 4.69) is 37.7 Å². The fourth-order valence-electron chi connectivity index (χ4n) is 4.86. The first kappa shape index (κ1) is 28.9. The Morgan fingerprint density at radius 3 is 2.21 bits per heavy atom. The maximum atomic E-state index is 11.6. The van der Waals surface area contributed by atoms with Crippen LogP contribution in [0.3, 0.4) is 0 Å². The Bertz CT molecular complexity index is 659. The molecule has 1 aliphatic heterocycles. The van der Waals surface area contributed by atoms with E-state index < -0.39 is 5.97 Å². The van der Waals surface area contributed by atoms with Gasteiger partial charge in [-0.05, 0) is 62.2 Å². The van der Waals surface area contributed by atoms with E-state index >= 15 is 0 Å². The molecule has 7 nitrogen and oxygen atoms in total. The first-order chi connectivity index (χ1) is 15.7. The third-order valence-corrected chi connectivity index (χ3v) is 7.61. The molecule has 1 saturated carbocycles. The fraction of sp³-hybridized carbons (Fsp3) is 0.846. The minimum absolute atomic E-state index is 0. The molecule has 0 aromatic heterocycles. The summed E-state index contributed by atoms with van der Waals surface area (Å²) in [5.41, 5.74) is 0. The van der Waals surface area contributed by atoms with Gasteiger partial charge in [0, 0.05) is 20.6 Å². The molecule has 7 heteroatoms. The van der Waals surface area contributed by atoms with Crippen LogP contribution in [-0.2, 0) is 19.1 Å². The first-order valence-corrected chi connectivity index (χ1v) is 12.8. The van der Waals surface area contributed by atoms with Gasteiger partial charge in [0.15, 0.2) is 0 Å². The lowest BCUT2D eigenvalue weighted by Crippen LogP contribution is -2.41. The molecule has 0 aromatic rings. The Kier molecular flexibility index (Phi) is 13.8. The number of esters is 1. The number of nitrogens with zero attached hydrogens (tertiary/aromatic N) is 2. The molecule has 2 amide bonds. The number of rotatable bonds is 8. The Labute approximate surface area is 202 Å². The molecule has 2 rings (SSSR count). The zero-order valence-electron chi connectivity index (χ0n) is 21.4. The number of ether oxygens (including phenoxy) is 1. The summed E-state index contributed by atoms with van der Waals surface area (Å²) < 4.78 is 4.47. The number of likely N-dealkylation sites (tertiary alicyclic amines) is 1. The molecular formula is C26H47N3O4. The molecule has 0 spiro atoms. The minimum Gasteiger partial charge on any atom is -0.469 e. The second-order valence-electron chi connectivity index (χ2n) is 9.78. The number of amides is 2. The zero-order chi connectivity index (χ0) is 24.8. The van der Waals surface area contributed by atoms with Crippen LogP contribution < -0.4 is 5.32 Å². The summed E-state index contributed by atoms with van der Waals surface area (Å²) in [5.74, 6) is 2.20. The highest BCUT2D eigenvalue weighted by Gasteiger charge is 2.27. The number of hydrogen-bond acceptors (Lipinski definition) is 5. The normalized spacial score (nSPS) is 24.4. The largest absolute Gasteiger partial charge is 0.469 e. The molecule has 3 atom stereocenters. The summed E-state index contributed by atoms with van der Waals surface area (Å²) in [6.07, 6.45) is 9.00. The summed E-state index contributed by atoms with van der Waals surface area (Å²) in [6, 6.07) is 2.17. The summed E-state index contributed by atoms with van der Waals surface area (Å²) in [5, 5.41) is 11.4. The van der Waals surface area contributed by atoms with Crippen molar-refractivity contribution in [1.82, 2.24) is 10.2 Å². The van der Waals surface area contributed by atoms with Crippen LogP contribution in [0.15, 0.2) is 0 Å². The summed E-state index contributed by atoms with van der Waals surface area (Å²) in [7, 11) is 1.30. The molecule has 2 unspecified atom stereocenters. The number of methoxy groups -OCH3 is 1. The van der Waals surface area contributed by atoms with Gasteiger partial charge >= 0.3 is 5.97 Å². The maximum Gasteiger partial charge on any atom is 0.315 e. The van der Waals surface area contributed by atoms with Crippen molar-refractivity contribution in [3.63, 3.8) is 0 Å². The molecule has 0 aromatic carbocycles. The zero-order valence-corrected chi connectivity index (χ0v) is 21.4. The van der Waals surface area contributed by atoms with Crippen LogP contribution >= 0.6 is 0 Å². The van der Waals surface area contributed by atoms with E-state index in [1.165, 1.54) is 39.2 Å². The predicted molar refractivity (Wildman–Crippen MR) is 131 cm³/mol. The van der Waals surface area contributed by atoms with Gasteiger partial charge in [-0.1, -0.05) is 40.5 Å². The van der Waals surface area contributed by atoms with Crippen molar-refractivity contribution < 1.29 is 20.5 Å². The quantitative estimate of drug-likeness (QED) is 0.414. The van der Waals surface area contributed by atoms with Crippen LogP contribution in [0.1, 0.15) is 93.3 Å². The lowest BCUT2D eigenvalue weighted by atomic mass is 9.78. The summed E-state index contributed by atoms with van der Waals surface area (Å²) >= 11 is 0. The molecule has 1 aliphatic carbocycles. The lowest BCUT2D eigenvalue weighted by Gasteiger charge is -2.35. The van der Waals surface area contributed by atoms with Gasteiger partial charge in [0.25, 0.3) is 0 Å². The van der Waals surface area contributed by atoms with Crippen LogP contribution in [0.5, 0.6) is 0 Å². The first-order valence-electron chi connectivity index (χ1n) is 12.8. The van der Waals surface area contributed by atoms with Crippen LogP contribution in [0, 0.1) is 35.0 Å². The van der Waals surface area contributed by atoms with E-state index in [0.717, 1.165) is 44.2 Å². The molecule has 33 heavy (non-hydrogen) atoms. The van der Waals surface area contributed by atoms with Gasteiger partial charge in [-0.3, -0.25) is 14.4 Å². The third-order valence-electron chi connectivity index (χ3n) is 7.61. The molecule has 190 valence electrons. The van der Waals surface area contributed by atoms with Gasteiger partial charge in [0.1, 0.15) is 12.8 Å². The van der Waals surface area contributed by atoms with Gasteiger partial charge in [-0.25, -0.2) is 0 Å². The molecular weight excluding hydrogens is 418 g/mol. The van der Waals surface area contributed by atoms with Crippen LogP contribution in [0.4, 0.5) is 0 Å². The maximum absolute atomic E-state index is 11.6. The highest BCUT2D eigenvalue weighted by atomic mass is 16.5. The SMILES string of the molecule is CCC(C)C1CCC(NC(=O)CC(=O)OC)CC1.CCC(C)[C@@H]1CCCN(C(=O)CC#N)C1.[HH]. The average Bonchev–Trinajstić information content (AvgIpc) is 2.83. The summed E-state index contributed by atoms with van der Waals surface area (Å²) in [6.45, 7) is 10.7. The third kappa shape index (κ3) is 10.6. The van der Waals surface area contributed by atoms with E-state index in [1.54, 1.807) is 0 Å². The Hall–Kier alpha value is -2.10. The van der Waals surface area contributed by atoms with Crippen molar-refractivity contribution >= 4 is 17.8 Å². The monoisotopic (exact) mass is 465 g/mol. The van der Waals surface area contributed by atoms with Gasteiger partial charge in [-0.15, -0.1) is 0 Å². The second kappa shape index (κ2) is 15.7. The number of carbonyl (C=O) groups excluding carboxylic acids is 3. The molecule has 0 radical (unpaired) electrons. The second-order valence-corrected chi connectivity index (χ2v) is 9.78. The van der Waals surface area contributed by atoms with Crippen molar-refractivity contribution in [3.8, 4) is 6.07 Å². The van der Waals surface area contributed by atoms with Crippen molar-refractivity contribution in [2.24, 2.45) is 23.7 Å². The highest BCUT2D eigenvalue weighted by Crippen LogP contribution is 2.31. The topological polar surface area (TPSA) is 99.5 Å². The lowest BCUT2D eigenvalue weighted by molar-refractivity contribution is -0.144. The Balaban J connectivity index is 0.000000632. The van der Waals surface area contributed by atoms with E-state index in [9.17, 15) is 14.4 Å². The molecule has 2 aliphatic rings. The fourth-order valence-corrected chi connectivity index (χ4v) is 4.86. The van der Waals surface area contributed by atoms with Gasteiger partial charge in [0.05, 0.1) is 13.2 Å². The Morgan fingerprint density at radius 2 is 1.67 bits per heavy atom. The Morgan fingerprint density at radius 1 is 1.06 bits per heavy atom. The molecule has 1 N–H and O–H groups in total. The van der Waals surface area contributed by atoms with E-state index in [1.807, 2.05) is 11.0 Å². The van der Waals surface area contributed by atoms with Crippen LogP contribution in [-0.4, -0.2) is 48.9 Å².